The Morgan fingerprint density at radius 2 is 0.671 bits per heavy atom. The summed E-state index contributed by atoms with van der Waals surface area (Å²) in [4.78, 5) is 145. The van der Waals surface area contributed by atoms with E-state index in [1.165, 1.54) is 6.92 Å². The van der Waals surface area contributed by atoms with Crippen LogP contribution in [0.25, 0.3) is 0 Å². The van der Waals surface area contributed by atoms with Gasteiger partial charge in [-0.1, -0.05) is 89.5 Å². The molecule has 0 spiro atoms. The summed E-state index contributed by atoms with van der Waals surface area (Å²) in [7, 11) is 0. The summed E-state index contributed by atoms with van der Waals surface area (Å²) in [5.74, 6) is -8.42. The number of carbonyl (C=O) groups excluding carboxylic acids is 10. The molecule has 0 bridgehead atoms. The number of nitrogens with zero attached hydrogens (tertiary/aromatic N) is 2. The molecule has 0 heterocycles. The first kappa shape index (κ1) is 75.2. The van der Waals surface area contributed by atoms with Crippen LogP contribution >= 0.6 is 0 Å². The van der Waals surface area contributed by atoms with E-state index in [0.717, 1.165) is 0 Å². The van der Waals surface area contributed by atoms with Gasteiger partial charge in [0.2, 0.25) is 59.1 Å². The number of unbranched alkanes of at least 4 members (excludes halogenated alkanes) is 1. The highest BCUT2D eigenvalue weighted by Gasteiger charge is 2.37. The Morgan fingerprint density at radius 3 is 0.963 bits per heavy atom. The van der Waals surface area contributed by atoms with E-state index in [-0.39, 0.29) is 113 Å². The van der Waals surface area contributed by atoms with Crippen LogP contribution in [-0.4, -0.2) is 145 Å². The molecule has 10 amide bonds. The molecule has 0 aromatic carbocycles. The number of primary amides is 1. The fourth-order valence-electron chi connectivity index (χ4n) is 8.76. The highest BCUT2D eigenvalue weighted by molar-refractivity contribution is 5.98. The van der Waals surface area contributed by atoms with Crippen molar-refractivity contribution in [3.8, 4) is 0 Å². The van der Waals surface area contributed by atoms with Gasteiger partial charge in [-0.15, -0.1) is 0 Å². The van der Waals surface area contributed by atoms with Crippen LogP contribution in [0.1, 0.15) is 167 Å². The molecule has 0 saturated carbocycles. The molecule has 0 aliphatic carbocycles. The van der Waals surface area contributed by atoms with Gasteiger partial charge in [0.05, 0.1) is 0 Å². The van der Waals surface area contributed by atoms with Crippen molar-refractivity contribution in [2.45, 2.75) is 221 Å². The third kappa shape index (κ3) is 31.4. The first-order chi connectivity index (χ1) is 38.2. The highest BCUT2D eigenvalue weighted by Crippen LogP contribution is 2.15. The van der Waals surface area contributed by atoms with E-state index in [1.54, 1.807) is 20.8 Å². The number of amides is 10. The van der Waals surface area contributed by atoms with Crippen LogP contribution < -0.4 is 82.3 Å². The summed E-state index contributed by atoms with van der Waals surface area (Å²) in [6, 6.07) is -10.5. The molecule has 0 aromatic rings. The van der Waals surface area contributed by atoms with Gasteiger partial charge in [-0.3, -0.25) is 57.9 Å². The van der Waals surface area contributed by atoms with Crippen LogP contribution in [0.15, 0.2) is 9.98 Å². The van der Waals surface area contributed by atoms with E-state index in [4.69, 9.17) is 34.4 Å². The van der Waals surface area contributed by atoms with Gasteiger partial charge in [0.25, 0.3) is 0 Å². The summed E-state index contributed by atoms with van der Waals surface area (Å²) in [6.07, 6.45) is 2.63. The molecule has 27 nitrogen and oxygen atoms in total. The third-order valence-electron chi connectivity index (χ3n) is 13.2. The number of nitrogens with one attached hydrogen (secondary N) is 9. The molecule has 27 heteroatoms. The topological polar surface area (TPSA) is 460 Å². The lowest BCUT2D eigenvalue weighted by atomic mass is 9.97. The number of rotatable bonds is 41. The minimum absolute atomic E-state index is 0.0312. The molecular weight excluding hydrogens is 1060 g/mol. The predicted octanol–water partition coefficient (Wildman–Crippen LogP) is -1.02. The van der Waals surface area contributed by atoms with Crippen LogP contribution in [-0.2, 0) is 47.9 Å². The minimum atomic E-state index is -1.33. The van der Waals surface area contributed by atoms with Crippen molar-refractivity contribution < 1.29 is 47.9 Å². The molecule has 21 N–H and O–H groups in total. The van der Waals surface area contributed by atoms with E-state index in [9.17, 15) is 47.9 Å². The number of hydrogen-bond donors (Lipinski definition) is 15. The lowest BCUT2D eigenvalue weighted by Gasteiger charge is -2.30. The van der Waals surface area contributed by atoms with Crippen molar-refractivity contribution in [2.75, 3.05) is 19.6 Å². The van der Waals surface area contributed by atoms with Crippen molar-refractivity contribution in [1.82, 2.24) is 47.9 Å². The third-order valence-corrected chi connectivity index (χ3v) is 13.2. The molecule has 0 aliphatic rings. The maximum atomic E-state index is 14.5. The number of guanidine groups is 2. The van der Waals surface area contributed by atoms with Gasteiger partial charge in [0.15, 0.2) is 11.9 Å². The minimum Gasteiger partial charge on any atom is -0.370 e. The number of hydrogen-bond acceptors (Lipinski definition) is 13. The first-order valence-electron chi connectivity index (χ1n) is 29.0. The molecule has 0 saturated heterocycles. The Morgan fingerprint density at radius 1 is 0.378 bits per heavy atom. The molecule has 0 aromatic heterocycles. The zero-order valence-electron chi connectivity index (χ0n) is 51.2. The summed E-state index contributed by atoms with van der Waals surface area (Å²) < 4.78 is 0. The maximum Gasteiger partial charge on any atom is 0.243 e. The summed E-state index contributed by atoms with van der Waals surface area (Å²) in [5.41, 5.74) is 33.6. The van der Waals surface area contributed by atoms with Crippen molar-refractivity contribution in [2.24, 2.45) is 79.9 Å². The van der Waals surface area contributed by atoms with Crippen molar-refractivity contribution in [3.63, 3.8) is 0 Å². The van der Waals surface area contributed by atoms with E-state index in [1.807, 2.05) is 62.3 Å². The van der Waals surface area contributed by atoms with Crippen LogP contribution in [0, 0.1) is 35.5 Å². The van der Waals surface area contributed by atoms with Crippen molar-refractivity contribution >= 4 is 71.0 Å². The van der Waals surface area contributed by atoms with Crippen LogP contribution in [0.5, 0.6) is 0 Å². The van der Waals surface area contributed by atoms with Gasteiger partial charge in [0.1, 0.15) is 54.4 Å². The smallest absolute Gasteiger partial charge is 0.243 e. The van der Waals surface area contributed by atoms with Crippen LogP contribution in [0.2, 0.25) is 0 Å². The number of nitrogens with two attached hydrogens (primary N) is 6. The fraction of sp³-hybridized carbons (Fsp3) is 0.782. The zero-order chi connectivity index (χ0) is 63.0. The van der Waals surface area contributed by atoms with Gasteiger partial charge in [0, 0.05) is 20.0 Å². The van der Waals surface area contributed by atoms with Crippen LogP contribution in [0.3, 0.4) is 0 Å². The Bertz CT molecular complexity index is 2110. The normalized spacial score (nSPS) is 15.0. The fourth-order valence-corrected chi connectivity index (χ4v) is 8.76. The molecule has 0 fully saturated rings. The quantitative estimate of drug-likeness (QED) is 0.0198. The summed E-state index contributed by atoms with van der Waals surface area (Å²) in [5, 5.41) is 24.7. The Balaban J connectivity index is 7.01. The monoisotopic (exact) mass is 1160 g/mol. The first-order valence-corrected chi connectivity index (χ1v) is 29.0. The van der Waals surface area contributed by atoms with Gasteiger partial charge in [-0.05, 0) is 113 Å². The predicted molar refractivity (Wildman–Crippen MR) is 317 cm³/mol. The lowest BCUT2D eigenvalue weighted by molar-refractivity contribution is -0.136. The molecule has 0 radical (unpaired) electrons. The standard InChI is InChI=1S/C55H105N17O10/c1-14-34(12)44(45(57)74)72-48(77)38(21-18-24-63-55(60)61)65-46(75)36(19-15-16-22-56)67-53(82)43(33(10)11)71-47(76)37(20-17-23-62-54(58)59)66-50(79)40(26-30(4)5)69-52(81)42(28-32(8)9)70-51(80)41(27-31(6)7)68-49(78)39(25-29(2)3)64-35(13)73/h29-34,36-44H,14-28,56H2,1-13H3,(H2,57,74)(H,64,73)(H,65,75)(H,66,79)(H,67,82)(H,68,78)(H,69,81)(H,70,80)(H,71,76)(H,72,77)(H4,58,59,62)(H4,60,61,63)/t34-,36-,37-,38-,39-,40-,41-,42-,43-,44-/m0/s1. The molecular formula is C55H105N17O10. The Kier molecular flexibility index (Phi) is 36.3. The van der Waals surface area contributed by atoms with E-state index < -0.39 is 119 Å². The summed E-state index contributed by atoms with van der Waals surface area (Å²) >= 11 is 0. The Hall–Kier alpha value is -6.80. The molecule has 0 rings (SSSR count). The lowest BCUT2D eigenvalue weighted by Crippen LogP contribution is -2.61. The molecule has 10 atom stereocenters. The summed E-state index contributed by atoms with van der Waals surface area (Å²) in [6.45, 7) is 23.6. The van der Waals surface area contributed by atoms with Crippen molar-refractivity contribution in [3.05, 3.63) is 0 Å². The van der Waals surface area contributed by atoms with Gasteiger partial charge < -0.3 is 82.3 Å². The van der Waals surface area contributed by atoms with Crippen LogP contribution in [0.4, 0.5) is 0 Å². The second kappa shape index (κ2) is 39.6. The van der Waals surface area contributed by atoms with Crippen molar-refractivity contribution in [1.29, 1.82) is 0 Å². The zero-order valence-corrected chi connectivity index (χ0v) is 51.2. The van der Waals surface area contributed by atoms with Gasteiger partial charge in [-0.2, -0.15) is 0 Å². The molecule has 470 valence electrons. The second-order valence-electron chi connectivity index (χ2n) is 23.3. The molecule has 82 heavy (non-hydrogen) atoms. The second-order valence-corrected chi connectivity index (χ2v) is 23.3. The molecule has 0 unspecified atom stereocenters. The van der Waals surface area contributed by atoms with E-state index in [2.05, 4.69) is 57.8 Å². The van der Waals surface area contributed by atoms with Gasteiger partial charge in [-0.25, -0.2) is 0 Å². The Labute approximate surface area is 486 Å². The maximum absolute atomic E-state index is 14.5. The molecule has 0 aliphatic heterocycles. The average molecular weight is 1160 g/mol. The van der Waals surface area contributed by atoms with E-state index in [0.29, 0.717) is 25.7 Å². The average Bonchev–Trinajstić information content (AvgIpc) is 3.44. The largest absolute Gasteiger partial charge is 0.370 e. The van der Waals surface area contributed by atoms with E-state index >= 15 is 0 Å². The number of aliphatic imine (C=N–C) groups is 2. The van der Waals surface area contributed by atoms with Gasteiger partial charge >= 0.3 is 0 Å². The number of carbonyl (C=O) groups is 10. The SMILES string of the molecule is CC[C@H](C)[C@H](NC(=O)[C@H](CCCN=C(N)N)NC(=O)[C@H](CCCCN)NC(=O)[C@@H](NC(=O)[C@H](CCCN=C(N)N)NC(=O)[C@H](CC(C)C)NC(=O)[C@H](CC(C)C)NC(=O)[C@H](CC(C)C)NC(=O)[C@H](CC(C)C)NC(C)=O)C(C)C)C(N)=O. The highest BCUT2D eigenvalue weighted by atomic mass is 16.2.